The van der Waals surface area contributed by atoms with Gasteiger partial charge in [0.15, 0.2) is 0 Å². The monoisotopic (exact) mass is 582 g/mol. The molecule has 2 fully saturated rings. The summed E-state index contributed by atoms with van der Waals surface area (Å²) in [6.07, 6.45) is 3.27. The summed E-state index contributed by atoms with van der Waals surface area (Å²) in [5.74, 6) is -2.98. The number of halogens is 3. The number of nitrogens with zero attached hydrogens (tertiary/aromatic N) is 5. The van der Waals surface area contributed by atoms with Gasteiger partial charge in [0.2, 0.25) is 0 Å². The molecule has 0 bridgehead atoms. The van der Waals surface area contributed by atoms with Crippen molar-refractivity contribution in [2.45, 2.75) is 64.5 Å². The molecule has 1 aromatic carbocycles. The number of aryl methyl sites for hydroxylation is 2. The molecule has 5 rings (SSSR count). The van der Waals surface area contributed by atoms with Crippen LogP contribution in [0.15, 0.2) is 24.4 Å². The molecule has 0 spiro atoms. The summed E-state index contributed by atoms with van der Waals surface area (Å²) < 4.78 is 40.9. The Labute approximate surface area is 209 Å². The van der Waals surface area contributed by atoms with Crippen LogP contribution in [0.2, 0.25) is 0 Å². The van der Waals surface area contributed by atoms with E-state index in [2.05, 4.69) is 20.0 Å². The minimum atomic E-state index is -2.76. The van der Waals surface area contributed by atoms with Crippen LogP contribution in [-0.4, -0.2) is 64.7 Å². The molecule has 2 aromatic heterocycles. The summed E-state index contributed by atoms with van der Waals surface area (Å²) in [5, 5.41) is 5.44. The summed E-state index contributed by atoms with van der Waals surface area (Å²) in [7, 11) is 0. The van der Waals surface area contributed by atoms with Crippen LogP contribution < -0.4 is 25.9 Å². The van der Waals surface area contributed by atoms with E-state index < -0.39 is 11.8 Å². The molecular formula is C25H31F2IN5O-. The quantitative estimate of drug-likeness (QED) is 0.338. The van der Waals surface area contributed by atoms with E-state index in [9.17, 15) is 0 Å². The van der Waals surface area contributed by atoms with Crippen LogP contribution >= 0.6 is 0 Å². The number of piperidine rings is 1. The predicted molar refractivity (Wildman–Crippen MR) is 124 cm³/mol. The van der Waals surface area contributed by atoms with Crippen molar-refractivity contribution in [3.05, 3.63) is 41.2 Å². The van der Waals surface area contributed by atoms with E-state index in [0.29, 0.717) is 23.8 Å². The Morgan fingerprint density at radius 2 is 1.97 bits per heavy atom. The number of rotatable bonds is 5. The fraction of sp³-hybridized carbons (Fsp3) is 0.560. The summed E-state index contributed by atoms with van der Waals surface area (Å²) in [6.45, 7) is 8.25. The van der Waals surface area contributed by atoms with Crippen molar-refractivity contribution >= 4 is 10.9 Å². The van der Waals surface area contributed by atoms with E-state index in [4.69, 9.17) is 4.74 Å². The number of hydrogen-bond acceptors (Lipinski definition) is 5. The Hall–Kier alpha value is -1.88. The van der Waals surface area contributed by atoms with Gasteiger partial charge in [-0.3, -0.25) is 0 Å². The van der Waals surface area contributed by atoms with Crippen molar-refractivity contribution in [2.24, 2.45) is 0 Å². The summed E-state index contributed by atoms with van der Waals surface area (Å²) in [5.41, 5.74) is 3.12. The molecular weight excluding hydrogens is 551 g/mol. The molecule has 0 N–H and O–H groups in total. The average Bonchev–Trinajstić information content (AvgIpc) is 3.42. The Bertz CT molecular complexity index is 1190. The molecule has 2 aliphatic rings. The molecule has 2 unspecified atom stereocenters. The number of fused-ring (bicyclic) bond motifs is 1. The fourth-order valence-electron chi connectivity index (χ4n) is 5.08. The molecule has 0 radical (unpaired) electrons. The van der Waals surface area contributed by atoms with Crippen molar-refractivity contribution in [3.8, 4) is 11.8 Å². The molecule has 2 atom stereocenters. The first kappa shape index (κ1) is 23.8. The Kier molecular flexibility index (Phi) is 6.52. The van der Waals surface area contributed by atoms with Gasteiger partial charge >= 0.3 is 167 Å². The van der Waals surface area contributed by atoms with Gasteiger partial charge in [-0.25, -0.2) is 4.98 Å². The number of ether oxygens (including phenoxy) is 1. The second-order valence-corrected chi connectivity index (χ2v) is 12.7. The first-order valence-electron chi connectivity index (χ1n) is 11.9. The van der Waals surface area contributed by atoms with Gasteiger partial charge in [0.1, 0.15) is 0 Å². The number of likely N-dealkylation sites (tertiary alicyclic amines) is 1. The molecule has 4 heterocycles. The van der Waals surface area contributed by atoms with Crippen LogP contribution in [0.3, 0.4) is 0 Å². The Morgan fingerprint density at radius 3 is 2.68 bits per heavy atom. The molecule has 184 valence electrons. The Morgan fingerprint density at radius 1 is 1.15 bits per heavy atom. The van der Waals surface area contributed by atoms with Crippen LogP contribution in [0.1, 0.15) is 49.4 Å². The molecule has 34 heavy (non-hydrogen) atoms. The van der Waals surface area contributed by atoms with Crippen molar-refractivity contribution in [3.63, 3.8) is 0 Å². The zero-order chi connectivity index (χ0) is 24.0. The third-order valence-electron chi connectivity index (χ3n) is 6.72. The first-order valence-corrected chi connectivity index (χ1v) is 14.9. The van der Waals surface area contributed by atoms with E-state index in [-0.39, 0.29) is 39.9 Å². The van der Waals surface area contributed by atoms with Crippen LogP contribution in [0, 0.1) is 13.8 Å². The second kappa shape index (κ2) is 9.29. The molecule has 9 heteroatoms. The molecule has 6 nitrogen and oxygen atoms in total. The van der Waals surface area contributed by atoms with Gasteiger partial charge in [-0.1, -0.05) is 0 Å². The third-order valence-corrected chi connectivity index (χ3v) is 9.74. The number of benzene rings is 1. The van der Waals surface area contributed by atoms with E-state index >= 15 is 8.78 Å². The van der Waals surface area contributed by atoms with E-state index in [1.807, 2.05) is 45.9 Å². The smallest absolute Gasteiger partial charge is 0.461 e. The normalized spacial score (nSPS) is 23.4. The second-order valence-electron chi connectivity index (χ2n) is 9.69. The maximum atomic E-state index is 15.5. The standard InChI is InChI=1S/C25H31F2IN5O/c1-15(2)34-24-30-17(4)10-23(31-24)33-22-11-20(16(3)9-18(22)13-29-33)21-6-8-32(14-25(21,26)27)19-5-7-28-12-19/h9-11,13,15,19,21H,5-8,12,14H2,1-4H3/q-1. The summed E-state index contributed by atoms with van der Waals surface area (Å²) >= 11 is 0.216. The zero-order valence-corrected chi connectivity index (χ0v) is 22.2. The maximum absolute atomic E-state index is 15.5. The van der Waals surface area contributed by atoms with E-state index in [0.717, 1.165) is 39.6 Å². The number of alkyl halides is 4. The van der Waals surface area contributed by atoms with Gasteiger partial charge < -0.3 is 4.74 Å². The van der Waals surface area contributed by atoms with Gasteiger partial charge in [0, 0.05) is 5.69 Å². The predicted octanol–water partition coefficient (Wildman–Crippen LogP) is 1.51. The Balaban J connectivity index is 1.50. The zero-order valence-electron chi connectivity index (χ0n) is 20.1. The molecule has 0 aliphatic carbocycles. The third kappa shape index (κ3) is 4.65. The van der Waals surface area contributed by atoms with Crippen molar-refractivity contribution in [1.82, 2.24) is 24.6 Å². The van der Waals surface area contributed by atoms with Gasteiger partial charge in [0.25, 0.3) is 0 Å². The molecule has 0 saturated carbocycles. The molecule has 0 amide bonds. The van der Waals surface area contributed by atoms with Gasteiger partial charge in [-0.2, -0.15) is 0 Å². The summed E-state index contributed by atoms with van der Waals surface area (Å²) in [6, 6.07) is 6.35. The van der Waals surface area contributed by atoms with E-state index in [1.165, 1.54) is 4.43 Å². The van der Waals surface area contributed by atoms with Crippen LogP contribution in [0.25, 0.3) is 16.7 Å². The number of hydrogen-bond donors (Lipinski definition) is 0. The fourth-order valence-corrected chi connectivity index (χ4v) is 8.40. The SMILES string of the molecule is Cc1cc(-n2ncc3cc(C)c(C4CCN(C5CC[I-]C5)CC4(F)F)cc32)nc(OC(C)C)n1. The molecule has 2 aliphatic heterocycles. The molecule has 2 saturated heterocycles. The van der Waals surface area contributed by atoms with Crippen molar-refractivity contribution in [1.29, 1.82) is 0 Å². The average molecular weight is 582 g/mol. The van der Waals surface area contributed by atoms with Crippen LogP contribution in [-0.2, 0) is 0 Å². The van der Waals surface area contributed by atoms with Gasteiger partial charge in [-0.05, 0) is 20.8 Å². The van der Waals surface area contributed by atoms with E-state index in [1.54, 1.807) is 10.9 Å². The van der Waals surface area contributed by atoms with Crippen molar-refractivity contribution < 1.29 is 34.7 Å². The topological polar surface area (TPSA) is 56.1 Å². The minimum Gasteiger partial charge on any atom is -0.461 e. The molecule has 3 aromatic rings. The van der Waals surface area contributed by atoms with Crippen LogP contribution in [0.4, 0.5) is 8.78 Å². The van der Waals surface area contributed by atoms with Crippen molar-refractivity contribution in [2.75, 3.05) is 21.9 Å². The minimum absolute atomic E-state index is 0.0579. The van der Waals surface area contributed by atoms with Gasteiger partial charge in [-0.15, -0.1) is 0 Å². The van der Waals surface area contributed by atoms with Crippen LogP contribution in [0.5, 0.6) is 6.01 Å². The number of aromatic nitrogens is 4. The first-order chi connectivity index (χ1) is 16.2. The summed E-state index contributed by atoms with van der Waals surface area (Å²) in [4.78, 5) is 10.9. The van der Waals surface area contributed by atoms with Gasteiger partial charge in [0.05, 0.1) is 6.10 Å².